The van der Waals surface area contributed by atoms with Crippen LogP contribution in [-0.2, 0) is 4.79 Å². The van der Waals surface area contributed by atoms with Crippen LogP contribution in [-0.4, -0.2) is 16.9 Å². The van der Waals surface area contributed by atoms with Crippen LogP contribution in [0.15, 0.2) is 24.3 Å². The van der Waals surface area contributed by atoms with E-state index < -0.39 is 5.97 Å². The lowest BCUT2D eigenvalue weighted by molar-refractivity contribution is -0.137. The van der Waals surface area contributed by atoms with Crippen molar-refractivity contribution in [2.24, 2.45) is 0 Å². The monoisotopic (exact) mass is 312 g/mol. The van der Waals surface area contributed by atoms with Crippen LogP contribution in [0.5, 0.6) is 0 Å². The van der Waals surface area contributed by atoms with Gasteiger partial charge in [-0.05, 0) is 60.1 Å². The number of hydrogen-bond acceptors (Lipinski definition) is 2. The van der Waals surface area contributed by atoms with Crippen LogP contribution in [0, 0.1) is 13.8 Å². The van der Waals surface area contributed by atoms with E-state index in [1.54, 1.807) is 0 Å². The Balaban J connectivity index is 2.41. The molecule has 2 rings (SSSR count). The summed E-state index contributed by atoms with van der Waals surface area (Å²) in [6.45, 7) is 8.37. The molecule has 0 unspecified atom stereocenters. The van der Waals surface area contributed by atoms with Crippen molar-refractivity contribution in [1.82, 2.24) is 0 Å². The number of rotatable bonds is 6. The predicted molar refractivity (Wildman–Crippen MR) is 92.4 cm³/mol. The van der Waals surface area contributed by atoms with E-state index in [0.29, 0.717) is 12.3 Å². The van der Waals surface area contributed by atoms with Gasteiger partial charge in [0.1, 0.15) is 0 Å². The molecule has 122 valence electrons. The third kappa shape index (κ3) is 3.79. The average molecular weight is 312 g/mol. The van der Waals surface area contributed by atoms with E-state index in [1.165, 1.54) is 5.56 Å². The van der Waals surface area contributed by atoms with Gasteiger partial charge >= 0.3 is 5.97 Å². The zero-order valence-electron chi connectivity index (χ0n) is 14.3. The van der Waals surface area contributed by atoms with Gasteiger partial charge in [0.05, 0.1) is 0 Å². The molecule has 0 aromatic carbocycles. The summed E-state index contributed by atoms with van der Waals surface area (Å²) in [5.74, 6) is -0.399. The zero-order chi connectivity index (χ0) is 17.1. The van der Waals surface area contributed by atoms with Crippen LogP contribution in [0.1, 0.15) is 66.1 Å². The fourth-order valence-electron chi connectivity index (χ4n) is 2.95. The van der Waals surface area contributed by atoms with Gasteiger partial charge in [-0.2, -0.15) is 0 Å². The molecule has 0 aliphatic heterocycles. The lowest BCUT2D eigenvalue weighted by atomic mass is 9.98. The van der Waals surface area contributed by atoms with Crippen molar-refractivity contribution in [3.63, 3.8) is 0 Å². The summed E-state index contributed by atoms with van der Waals surface area (Å²) in [7, 11) is 0. The standard InChI is InChI=1S/C20H24O3/c1-12(2)15-9-8-13(3)20-16(11-15)14(4)10-17(20)18(21)6-5-7-19(22)23/h8-12H,5-7H2,1-4H3,(H,22,23). The zero-order valence-corrected chi connectivity index (χ0v) is 14.3. The number of carbonyl (C=O) groups excluding carboxylic acids is 1. The minimum atomic E-state index is -0.856. The van der Waals surface area contributed by atoms with Crippen LogP contribution >= 0.6 is 0 Å². The van der Waals surface area contributed by atoms with Crippen molar-refractivity contribution in [3.05, 3.63) is 46.5 Å². The van der Waals surface area contributed by atoms with Crippen LogP contribution < -0.4 is 0 Å². The second kappa shape index (κ2) is 6.95. The maximum Gasteiger partial charge on any atom is 0.303 e. The van der Waals surface area contributed by atoms with E-state index in [-0.39, 0.29) is 18.6 Å². The third-order valence-electron chi connectivity index (χ3n) is 4.32. The molecular formula is C20H24O3. The quantitative estimate of drug-likeness (QED) is 0.766. The maximum absolute atomic E-state index is 12.5. The molecular weight excluding hydrogens is 288 g/mol. The highest BCUT2D eigenvalue weighted by Gasteiger charge is 2.20. The molecule has 3 nitrogen and oxygen atoms in total. The van der Waals surface area contributed by atoms with Gasteiger partial charge in [-0.25, -0.2) is 0 Å². The molecule has 0 aromatic heterocycles. The number of aliphatic carboxylic acids is 1. The van der Waals surface area contributed by atoms with E-state index >= 15 is 0 Å². The van der Waals surface area contributed by atoms with Crippen LogP contribution in [0.3, 0.4) is 0 Å². The van der Waals surface area contributed by atoms with Gasteiger partial charge in [-0.3, -0.25) is 9.59 Å². The highest BCUT2D eigenvalue weighted by molar-refractivity contribution is 6.05. The van der Waals surface area contributed by atoms with Crippen molar-refractivity contribution in [3.8, 4) is 11.1 Å². The van der Waals surface area contributed by atoms with Crippen molar-refractivity contribution in [1.29, 1.82) is 0 Å². The maximum atomic E-state index is 12.5. The summed E-state index contributed by atoms with van der Waals surface area (Å²) in [6, 6.07) is 8.32. The number of carbonyl (C=O) groups is 2. The van der Waals surface area contributed by atoms with E-state index in [9.17, 15) is 9.59 Å². The average Bonchev–Trinajstić information content (AvgIpc) is 2.67. The number of Topliss-reactive ketones (excluding diaryl/α,β-unsaturated/α-hetero) is 1. The van der Waals surface area contributed by atoms with E-state index in [2.05, 4.69) is 32.0 Å². The van der Waals surface area contributed by atoms with Crippen LogP contribution in [0.25, 0.3) is 11.1 Å². The summed E-state index contributed by atoms with van der Waals surface area (Å²) >= 11 is 0. The molecule has 0 saturated heterocycles. The summed E-state index contributed by atoms with van der Waals surface area (Å²) in [4.78, 5) is 23.2. The first-order chi connectivity index (χ1) is 10.8. The molecule has 0 fully saturated rings. The third-order valence-corrected chi connectivity index (χ3v) is 4.32. The number of carboxylic acids is 1. The second-order valence-corrected chi connectivity index (χ2v) is 6.52. The Hall–Kier alpha value is -2.16. The number of carboxylic acid groups (broad SMARTS) is 1. The molecule has 0 aromatic rings. The molecule has 0 radical (unpaired) electrons. The summed E-state index contributed by atoms with van der Waals surface area (Å²) in [5, 5.41) is 8.72. The van der Waals surface area contributed by atoms with Gasteiger partial charge in [0.15, 0.2) is 5.78 Å². The smallest absolute Gasteiger partial charge is 0.303 e. The fourth-order valence-corrected chi connectivity index (χ4v) is 2.95. The Morgan fingerprint density at radius 1 is 1.04 bits per heavy atom. The second-order valence-electron chi connectivity index (χ2n) is 6.52. The Morgan fingerprint density at radius 2 is 1.74 bits per heavy atom. The Labute approximate surface area is 137 Å². The van der Waals surface area contributed by atoms with Gasteiger partial charge in [-0.15, -0.1) is 0 Å². The minimum Gasteiger partial charge on any atom is -0.481 e. The normalized spacial score (nSPS) is 11.2. The molecule has 0 bridgehead atoms. The van der Waals surface area contributed by atoms with E-state index in [4.69, 9.17) is 5.11 Å². The highest BCUT2D eigenvalue weighted by Crippen LogP contribution is 2.36. The predicted octanol–water partition coefficient (Wildman–Crippen LogP) is 4.97. The number of aryl methyl sites for hydroxylation is 2. The molecule has 1 N–H and O–H groups in total. The molecule has 0 saturated carbocycles. The van der Waals surface area contributed by atoms with Gasteiger partial charge in [0.25, 0.3) is 0 Å². The Bertz CT molecular complexity index is 713. The molecule has 0 atom stereocenters. The van der Waals surface area contributed by atoms with Crippen LogP contribution in [0.4, 0.5) is 0 Å². The molecule has 3 heteroatoms. The van der Waals surface area contributed by atoms with Gasteiger partial charge < -0.3 is 5.11 Å². The number of ketones is 1. The molecule has 2 aliphatic rings. The number of fused-ring (bicyclic) bond motifs is 1. The fraction of sp³-hybridized carbons (Fsp3) is 0.400. The Morgan fingerprint density at radius 3 is 2.35 bits per heavy atom. The molecule has 23 heavy (non-hydrogen) atoms. The van der Waals surface area contributed by atoms with Gasteiger partial charge in [0, 0.05) is 18.4 Å². The highest BCUT2D eigenvalue weighted by atomic mass is 16.4. The molecule has 2 aliphatic carbocycles. The van der Waals surface area contributed by atoms with Crippen LogP contribution in [0.2, 0.25) is 0 Å². The number of hydrogen-bond donors (Lipinski definition) is 1. The first-order valence-electron chi connectivity index (χ1n) is 8.10. The SMILES string of the molecule is Cc1cc(C(=O)CCCC(=O)O)c2c(C)ccc(C(C)C)cc1-2. The van der Waals surface area contributed by atoms with Crippen molar-refractivity contribution in [2.75, 3.05) is 0 Å². The van der Waals surface area contributed by atoms with Crippen molar-refractivity contribution < 1.29 is 14.7 Å². The van der Waals surface area contributed by atoms with E-state index in [0.717, 1.165) is 27.8 Å². The topological polar surface area (TPSA) is 54.4 Å². The lowest BCUT2D eigenvalue weighted by Gasteiger charge is -2.05. The largest absolute Gasteiger partial charge is 0.481 e. The molecule has 0 heterocycles. The summed E-state index contributed by atoms with van der Waals surface area (Å²) < 4.78 is 0. The molecule has 0 spiro atoms. The lowest BCUT2D eigenvalue weighted by Crippen LogP contribution is -2.02. The van der Waals surface area contributed by atoms with Gasteiger partial charge in [0.2, 0.25) is 0 Å². The van der Waals surface area contributed by atoms with Crippen molar-refractivity contribution >= 4 is 11.8 Å². The summed E-state index contributed by atoms with van der Waals surface area (Å²) in [5.41, 5.74) is 6.30. The Kier molecular flexibility index (Phi) is 5.19. The minimum absolute atomic E-state index is 0.0322. The molecule has 0 amide bonds. The van der Waals surface area contributed by atoms with Crippen molar-refractivity contribution in [2.45, 2.75) is 52.9 Å². The first kappa shape index (κ1) is 17.2. The van der Waals surface area contributed by atoms with E-state index in [1.807, 2.05) is 19.9 Å². The first-order valence-corrected chi connectivity index (χ1v) is 8.10. The summed E-state index contributed by atoms with van der Waals surface area (Å²) in [6.07, 6.45) is 0.697. The van der Waals surface area contributed by atoms with Gasteiger partial charge in [-0.1, -0.05) is 32.0 Å².